The first-order valence-electron chi connectivity index (χ1n) is 6.23. The molecule has 2 unspecified atom stereocenters. The minimum absolute atomic E-state index is 0.0471. The zero-order valence-electron chi connectivity index (χ0n) is 10.6. The van der Waals surface area contributed by atoms with Crippen molar-refractivity contribution in [2.45, 2.75) is 12.1 Å². The van der Waals surface area contributed by atoms with E-state index < -0.39 is 0 Å². The Morgan fingerprint density at radius 2 is 2.44 bits per heavy atom. The predicted molar refractivity (Wildman–Crippen MR) is 65.0 cm³/mol. The van der Waals surface area contributed by atoms with Gasteiger partial charge in [0.05, 0.1) is 19.3 Å². The summed E-state index contributed by atoms with van der Waals surface area (Å²) >= 11 is 0. The first-order valence-corrected chi connectivity index (χ1v) is 6.23. The Balaban J connectivity index is 1.69. The van der Waals surface area contributed by atoms with Crippen LogP contribution in [0.15, 0.2) is 0 Å². The van der Waals surface area contributed by atoms with Crippen molar-refractivity contribution in [1.29, 1.82) is 0 Å². The molecule has 0 aromatic carbocycles. The van der Waals surface area contributed by atoms with Crippen LogP contribution in [-0.4, -0.2) is 75.2 Å². The summed E-state index contributed by atoms with van der Waals surface area (Å²) in [6.07, 6.45) is 0.0471. The highest BCUT2D eigenvalue weighted by atomic mass is 16.5. The molecule has 2 rings (SSSR count). The molecule has 2 aliphatic heterocycles. The van der Waals surface area contributed by atoms with Crippen LogP contribution >= 0.6 is 0 Å². The average molecular weight is 256 g/mol. The molecule has 0 aromatic heterocycles. The maximum atomic E-state index is 11.8. The van der Waals surface area contributed by atoms with Gasteiger partial charge >= 0.3 is 0 Å². The smallest absolute Gasteiger partial charge is 0.239 e. The van der Waals surface area contributed by atoms with Crippen LogP contribution in [0.25, 0.3) is 0 Å². The lowest BCUT2D eigenvalue weighted by Gasteiger charge is -2.31. The molecule has 0 spiro atoms. The van der Waals surface area contributed by atoms with E-state index in [2.05, 4.69) is 20.9 Å². The van der Waals surface area contributed by atoms with E-state index in [1.807, 2.05) is 7.05 Å². The molecule has 0 saturated carbocycles. The van der Waals surface area contributed by atoms with Crippen molar-refractivity contribution in [2.75, 3.05) is 46.4 Å². The number of hydrogen-bond donors (Lipinski definition) is 3. The summed E-state index contributed by atoms with van der Waals surface area (Å²) in [5.74, 6) is -0.164. The second-order valence-corrected chi connectivity index (χ2v) is 4.74. The molecule has 7 heteroatoms. The van der Waals surface area contributed by atoms with Gasteiger partial charge in [0.25, 0.3) is 0 Å². The lowest BCUT2D eigenvalue weighted by Crippen LogP contribution is -2.59. The van der Waals surface area contributed by atoms with Crippen LogP contribution in [0.4, 0.5) is 0 Å². The van der Waals surface area contributed by atoms with Crippen LogP contribution in [0.3, 0.4) is 0 Å². The Kier molecular flexibility index (Phi) is 4.51. The molecule has 3 N–H and O–H groups in total. The standard InChI is InChI=1S/C11H20N4O3/c1-15-2-3-18-8(7-15)4-14-11(17)9-5-13-10(16)6-12-9/h8-9,12H,2-7H2,1H3,(H,13,16)(H,14,17). The molecular formula is C11H20N4O3. The van der Waals surface area contributed by atoms with E-state index in [4.69, 9.17) is 4.74 Å². The molecule has 0 bridgehead atoms. The van der Waals surface area contributed by atoms with Gasteiger partial charge < -0.3 is 20.3 Å². The zero-order chi connectivity index (χ0) is 13.0. The second-order valence-electron chi connectivity index (χ2n) is 4.74. The van der Waals surface area contributed by atoms with E-state index in [0.29, 0.717) is 19.7 Å². The Bertz CT molecular complexity index is 313. The maximum absolute atomic E-state index is 11.8. The van der Waals surface area contributed by atoms with E-state index in [9.17, 15) is 9.59 Å². The van der Waals surface area contributed by atoms with Crippen LogP contribution in [-0.2, 0) is 14.3 Å². The van der Waals surface area contributed by atoms with Gasteiger partial charge in [0.2, 0.25) is 11.8 Å². The van der Waals surface area contributed by atoms with Gasteiger partial charge in [-0.25, -0.2) is 0 Å². The van der Waals surface area contributed by atoms with Crippen LogP contribution in [0.2, 0.25) is 0 Å². The third-order valence-corrected chi connectivity index (χ3v) is 3.17. The van der Waals surface area contributed by atoms with E-state index in [1.165, 1.54) is 0 Å². The van der Waals surface area contributed by atoms with Crippen LogP contribution in [0.1, 0.15) is 0 Å². The highest BCUT2D eigenvalue weighted by Crippen LogP contribution is 2.01. The highest BCUT2D eigenvalue weighted by Gasteiger charge is 2.25. The van der Waals surface area contributed by atoms with Gasteiger partial charge in [-0.2, -0.15) is 0 Å². The number of carbonyl (C=O) groups excluding carboxylic acids is 2. The first kappa shape index (κ1) is 13.3. The molecule has 0 radical (unpaired) electrons. The number of morpholine rings is 1. The summed E-state index contributed by atoms with van der Waals surface area (Å²) in [7, 11) is 2.04. The molecule has 102 valence electrons. The van der Waals surface area contributed by atoms with Crippen LogP contribution in [0.5, 0.6) is 0 Å². The Labute approximate surface area is 106 Å². The molecule has 2 aliphatic rings. The average Bonchev–Trinajstić information content (AvgIpc) is 2.37. The minimum Gasteiger partial charge on any atom is -0.374 e. The number of ether oxygens (including phenoxy) is 1. The molecule has 2 amide bonds. The van der Waals surface area contributed by atoms with Gasteiger partial charge in [-0.05, 0) is 7.05 Å². The number of hydrogen-bond acceptors (Lipinski definition) is 5. The molecular weight excluding hydrogens is 236 g/mol. The molecule has 2 atom stereocenters. The van der Waals surface area contributed by atoms with Crippen LogP contribution in [0, 0.1) is 0 Å². The fraction of sp³-hybridized carbons (Fsp3) is 0.818. The molecule has 0 aliphatic carbocycles. The van der Waals surface area contributed by atoms with Crippen molar-refractivity contribution in [3.8, 4) is 0 Å². The SMILES string of the molecule is CN1CCOC(CNC(=O)C2CNC(=O)CN2)C1. The number of likely N-dealkylation sites (N-methyl/N-ethyl adjacent to an activating group) is 1. The van der Waals surface area contributed by atoms with Gasteiger partial charge in [0, 0.05) is 26.2 Å². The van der Waals surface area contributed by atoms with Crippen LogP contribution < -0.4 is 16.0 Å². The number of carbonyl (C=O) groups is 2. The summed E-state index contributed by atoms with van der Waals surface area (Å²) in [5, 5.41) is 8.40. The van der Waals surface area contributed by atoms with Gasteiger partial charge in [0.15, 0.2) is 0 Å². The van der Waals surface area contributed by atoms with Gasteiger partial charge in [-0.3, -0.25) is 14.9 Å². The van der Waals surface area contributed by atoms with E-state index >= 15 is 0 Å². The quantitative estimate of drug-likeness (QED) is 0.521. The third kappa shape index (κ3) is 3.66. The minimum atomic E-state index is -0.343. The molecule has 18 heavy (non-hydrogen) atoms. The van der Waals surface area contributed by atoms with Crippen molar-refractivity contribution >= 4 is 11.8 Å². The highest BCUT2D eigenvalue weighted by molar-refractivity contribution is 5.86. The largest absolute Gasteiger partial charge is 0.374 e. The summed E-state index contributed by atoms with van der Waals surface area (Å²) in [5.41, 5.74) is 0. The molecule has 2 heterocycles. The maximum Gasteiger partial charge on any atom is 0.239 e. The topological polar surface area (TPSA) is 82.7 Å². The second kappa shape index (κ2) is 6.12. The fourth-order valence-electron chi connectivity index (χ4n) is 2.08. The van der Waals surface area contributed by atoms with E-state index in [-0.39, 0.29) is 30.5 Å². The van der Waals surface area contributed by atoms with Crippen molar-refractivity contribution in [3.63, 3.8) is 0 Å². The van der Waals surface area contributed by atoms with Gasteiger partial charge in [-0.1, -0.05) is 0 Å². The molecule has 7 nitrogen and oxygen atoms in total. The predicted octanol–water partition coefficient (Wildman–Crippen LogP) is -2.48. The Morgan fingerprint density at radius 3 is 3.11 bits per heavy atom. The number of amides is 2. The van der Waals surface area contributed by atoms with Gasteiger partial charge in [0.1, 0.15) is 6.04 Å². The Hall–Kier alpha value is -1.18. The molecule has 2 fully saturated rings. The zero-order valence-corrected chi connectivity index (χ0v) is 10.6. The summed E-state index contributed by atoms with van der Waals surface area (Å²) < 4.78 is 5.56. The third-order valence-electron chi connectivity index (χ3n) is 3.17. The van der Waals surface area contributed by atoms with Gasteiger partial charge in [-0.15, -0.1) is 0 Å². The summed E-state index contributed by atoms with van der Waals surface area (Å²) in [6, 6.07) is -0.343. The van der Waals surface area contributed by atoms with E-state index in [0.717, 1.165) is 13.1 Å². The normalized spacial score (nSPS) is 29.7. The fourth-order valence-corrected chi connectivity index (χ4v) is 2.08. The number of piperazine rings is 1. The lowest BCUT2D eigenvalue weighted by molar-refractivity contribution is -0.127. The Morgan fingerprint density at radius 1 is 1.61 bits per heavy atom. The molecule has 0 aromatic rings. The van der Waals surface area contributed by atoms with Crippen molar-refractivity contribution in [1.82, 2.24) is 20.9 Å². The number of nitrogens with zero attached hydrogens (tertiary/aromatic N) is 1. The first-order chi connectivity index (χ1) is 8.65. The molecule has 2 saturated heterocycles. The lowest BCUT2D eigenvalue weighted by atomic mass is 10.2. The van der Waals surface area contributed by atoms with Crippen molar-refractivity contribution in [2.24, 2.45) is 0 Å². The number of rotatable bonds is 3. The van der Waals surface area contributed by atoms with Crippen molar-refractivity contribution in [3.05, 3.63) is 0 Å². The van der Waals surface area contributed by atoms with E-state index in [1.54, 1.807) is 0 Å². The monoisotopic (exact) mass is 256 g/mol. The summed E-state index contributed by atoms with van der Waals surface area (Å²) in [4.78, 5) is 25.0. The summed E-state index contributed by atoms with van der Waals surface area (Å²) in [6.45, 7) is 3.51. The van der Waals surface area contributed by atoms with Crippen molar-refractivity contribution < 1.29 is 14.3 Å². The number of nitrogens with one attached hydrogen (secondary N) is 3.